The van der Waals surface area contributed by atoms with Gasteiger partial charge in [0.25, 0.3) is 5.91 Å². The van der Waals surface area contributed by atoms with Gasteiger partial charge in [0.05, 0.1) is 11.4 Å². The molecule has 1 aliphatic rings. The summed E-state index contributed by atoms with van der Waals surface area (Å²) in [6.07, 6.45) is 2.07. The van der Waals surface area contributed by atoms with E-state index in [4.69, 9.17) is 0 Å². The van der Waals surface area contributed by atoms with Crippen LogP contribution >= 0.6 is 0 Å². The molecule has 0 radical (unpaired) electrons. The van der Waals surface area contributed by atoms with E-state index in [2.05, 4.69) is 10.0 Å². The van der Waals surface area contributed by atoms with E-state index in [1.54, 1.807) is 6.07 Å². The maximum atomic E-state index is 12.8. The molecule has 3 rings (SSSR count). The zero-order valence-electron chi connectivity index (χ0n) is 18.4. The van der Waals surface area contributed by atoms with Gasteiger partial charge in [0.1, 0.15) is 0 Å². The second-order valence-electron chi connectivity index (χ2n) is 8.31. The SMILES string of the molecule is Cc1cc(C)c(NC(=O)CN(C)C(=O)c2cccc(S(=O)(=O)NCC3CC3)c2)c(C)c1. The van der Waals surface area contributed by atoms with Crippen molar-refractivity contribution < 1.29 is 18.0 Å². The first kappa shape index (κ1) is 23.0. The lowest BCUT2D eigenvalue weighted by atomic mass is 10.1. The van der Waals surface area contributed by atoms with Crippen LogP contribution in [0.1, 0.15) is 39.9 Å². The van der Waals surface area contributed by atoms with E-state index in [-0.39, 0.29) is 22.9 Å². The summed E-state index contributed by atoms with van der Waals surface area (Å²) >= 11 is 0. The van der Waals surface area contributed by atoms with Crippen molar-refractivity contribution in [3.8, 4) is 0 Å². The third kappa shape index (κ3) is 5.92. The minimum absolute atomic E-state index is 0.0442. The average molecular weight is 444 g/mol. The number of benzene rings is 2. The minimum Gasteiger partial charge on any atom is -0.332 e. The van der Waals surface area contributed by atoms with E-state index >= 15 is 0 Å². The van der Waals surface area contributed by atoms with Crippen LogP contribution in [0.25, 0.3) is 0 Å². The van der Waals surface area contributed by atoms with Crippen LogP contribution in [0.4, 0.5) is 5.69 Å². The fourth-order valence-electron chi connectivity index (χ4n) is 3.49. The number of likely N-dealkylation sites (N-methyl/N-ethyl adjacent to an activating group) is 1. The van der Waals surface area contributed by atoms with Crippen LogP contribution in [0.15, 0.2) is 41.3 Å². The van der Waals surface area contributed by atoms with Crippen molar-refractivity contribution in [2.24, 2.45) is 5.92 Å². The predicted octanol–water partition coefficient (Wildman–Crippen LogP) is 3.01. The number of carbonyl (C=O) groups excluding carboxylic acids is 2. The van der Waals surface area contributed by atoms with E-state index in [0.29, 0.717) is 12.5 Å². The van der Waals surface area contributed by atoms with Gasteiger partial charge in [-0.05, 0) is 68.9 Å². The quantitative estimate of drug-likeness (QED) is 0.656. The van der Waals surface area contributed by atoms with Gasteiger partial charge in [-0.1, -0.05) is 23.8 Å². The van der Waals surface area contributed by atoms with Gasteiger partial charge in [-0.3, -0.25) is 9.59 Å². The number of anilines is 1. The largest absolute Gasteiger partial charge is 0.332 e. The molecular formula is C23H29N3O4S. The second-order valence-corrected chi connectivity index (χ2v) is 10.1. The molecule has 0 atom stereocenters. The predicted molar refractivity (Wildman–Crippen MR) is 121 cm³/mol. The van der Waals surface area contributed by atoms with Crippen LogP contribution in [0.3, 0.4) is 0 Å². The molecule has 7 nitrogen and oxygen atoms in total. The third-order valence-corrected chi connectivity index (χ3v) is 6.74. The van der Waals surface area contributed by atoms with Crippen molar-refractivity contribution in [1.29, 1.82) is 0 Å². The van der Waals surface area contributed by atoms with Gasteiger partial charge in [0, 0.05) is 24.8 Å². The van der Waals surface area contributed by atoms with Crippen LogP contribution in [-0.2, 0) is 14.8 Å². The number of amides is 2. The van der Waals surface area contributed by atoms with Crippen molar-refractivity contribution in [3.63, 3.8) is 0 Å². The van der Waals surface area contributed by atoms with Crippen LogP contribution < -0.4 is 10.0 Å². The van der Waals surface area contributed by atoms with Crippen LogP contribution in [-0.4, -0.2) is 45.3 Å². The molecule has 1 fully saturated rings. The monoisotopic (exact) mass is 443 g/mol. The fraction of sp³-hybridized carbons (Fsp3) is 0.391. The summed E-state index contributed by atoms with van der Waals surface area (Å²) in [5.74, 6) is -0.336. The number of nitrogens with zero attached hydrogens (tertiary/aromatic N) is 1. The maximum absolute atomic E-state index is 12.8. The van der Waals surface area contributed by atoms with Gasteiger partial charge in [-0.15, -0.1) is 0 Å². The second kappa shape index (κ2) is 9.20. The van der Waals surface area contributed by atoms with Crippen molar-refractivity contribution in [3.05, 3.63) is 58.7 Å². The summed E-state index contributed by atoms with van der Waals surface area (Å²) < 4.78 is 27.5. The van der Waals surface area contributed by atoms with Crippen LogP contribution in [0.2, 0.25) is 0 Å². The maximum Gasteiger partial charge on any atom is 0.254 e. The number of aryl methyl sites for hydroxylation is 3. The van der Waals surface area contributed by atoms with Gasteiger partial charge in [0.15, 0.2) is 0 Å². The lowest BCUT2D eigenvalue weighted by molar-refractivity contribution is -0.116. The zero-order chi connectivity index (χ0) is 22.8. The number of carbonyl (C=O) groups is 2. The van der Waals surface area contributed by atoms with Crippen molar-refractivity contribution >= 4 is 27.5 Å². The molecule has 2 aromatic rings. The molecule has 0 unspecified atom stereocenters. The Kier molecular flexibility index (Phi) is 6.81. The van der Waals surface area contributed by atoms with E-state index in [9.17, 15) is 18.0 Å². The molecule has 2 amide bonds. The highest BCUT2D eigenvalue weighted by atomic mass is 32.2. The molecule has 2 aromatic carbocycles. The number of nitrogens with one attached hydrogen (secondary N) is 2. The molecule has 1 aliphatic carbocycles. The van der Waals surface area contributed by atoms with Crippen molar-refractivity contribution in [2.45, 2.75) is 38.5 Å². The summed E-state index contributed by atoms with van der Waals surface area (Å²) in [6.45, 7) is 6.11. The molecule has 166 valence electrons. The average Bonchev–Trinajstić information content (AvgIpc) is 3.53. The van der Waals surface area contributed by atoms with E-state index in [0.717, 1.165) is 35.2 Å². The molecule has 0 aromatic heterocycles. The van der Waals surface area contributed by atoms with Crippen molar-refractivity contribution in [2.75, 3.05) is 25.5 Å². The lowest BCUT2D eigenvalue weighted by Gasteiger charge is -2.19. The van der Waals surface area contributed by atoms with E-state index in [1.807, 2.05) is 32.9 Å². The topological polar surface area (TPSA) is 95.6 Å². The third-order valence-electron chi connectivity index (χ3n) is 5.32. The molecule has 0 spiro atoms. The molecule has 2 N–H and O–H groups in total. The zero-order valence-corrected chi connectivity index (χ0v) is 19.2. The Morgan fingerprint density at radius 3 is 2.32 bits per heavy atom. The molecular weight excluding hydrogens is 414 g/mol. The molecule has 31 heavy (non-hydrogen) atoms. The minimum atomic E-state index is -3.67. The molecule has 1 saturated carbocycles. The van der Waals surface area contributed by atoms with Gasteiger partial charge in [-0.25, -0.2) is 13.1 Å². The summed E-state index contributed by atoms with van der Waals surface area (Å²) in [5, 5.41) is 2.87. The Morgan fingerprint density at radius 1 is 1.06 bits per heavy atom. The molecule has 0 aliphatic heterocycles. The lowest BCUT2D eigenvalue weighted by Crippen LogP contribution is -2.35. The first-order valence-electron chi connectivity index (χ1n) is 10.3. The van der Waals surface area contributed by atoms with Crippen molar-refractivity contribution in [1.82, 2.24) is 9.62 Å². The number of rotatable bonds is 8. The van der Waals surface area contributed by atoms with Gasteiger partial charge in [0.2, 0.25) is 15.9 Å². The first-order valence-corrected chi connectivity index (χ1v) is 11.8. The molecule has 8 heteroatoms. The van der Waals surface area contributed by atoms with Crippen LogP contribution in [0.5, 0.6) is 0 Å². The summed E-state index contributed by atoms with van der Waals surface area (Å²) in [6, 6.07) is 9.86. The smallest absolute Gasteiger partial charge is 0.254 e. The first-order chi connectivity index (χ1) is 14.6. The number of sulfonamides is 1. The summed E-state index contributed by atoms with van der Waals surface area (Å²) in [5.41, 5.74) is 3.98. The van der Waals surface area contributed by atoms with E-state index < -0.39 is 15.9 Å². The number of hydrogen-bond acceptors (Lipinski definition) is 4. The summed E-state index contributed by atoms with van der Waals surface area (Å²) in [4.78, 5) is 26.6. The van der Waals surface area contributed by atoms with E-state index in [1.165, 1.54) is 30.1 Å². The molecule has 0 bridgehead atoms. The highest BCUT2D eigenvalue weighted by Gasteiger charge is 2.25. The molecule has 0 saturated heterocycles. The van der Waals surface area contributed by atoms with Gasteiger partial charge >= 0.3 is 0 Å². The Labute approximate surface area is 183 Å². The number of hydrogen-bond donors (Lipinski definition) is 2. The highest BCUT2D eigenvalue weighted by Crippen LogP contribution is 2.28. The van der Waals surface area contributed by atoms with Crippen LogP contribution in [0, 0.1) is 26.7 Å². The molecule has 0 heterocycles. The standard InChI is InChI=1S/C23H29N3O4S/c1-15-10-16(2)22(17(3)11-15)25-21(27)14-26(4)23(28)19-6-5-7-20(12-19)31(29,30)24-13-18-8-9-18/h5-7,10-12,18,24H,8-9,13-14H2,1-4H3,(H,25,27). The Bertz CT molecular complexity index is 1080. The Hall–Kier alpha value is -2.71. The Morgan fingerprint density at radius 2 is 1.71 bits per heavy atom. The summed E-state index contributed by atoms with van der Waals surface area (Å²) in [7, 11) is -2.16. The Balaban J connectivity index is 1.66. The fourth-order valence-corrected chi connectivity index (χ4v) is 4.65. The van der Waals surface area contributed by atoms with Gasteiger partial charge in [-0.2, -0.15) is 0 Å². The van der Waals surface area contributed by atoms with Gasteiger partial charge < -0.3 is 10.2 Å². The normalized spacial score (nSPS) is 13.7. The highest BCUT2D eigenvalue weighted by molar-refractivity contribution is 7.89.